The summed E-state index contributed by atoms with van der Waals surface area (Å²) in [5, 5.41) is 53.8. The molecule has 0 aromatic rings. The second kappa shape index (κ2) is 23.2. The van der Waals surface area contributed by atoms with Gasteiger partial charge < -0.3 is 40.3 Å². The van der Waals surface area contributed by atoms with Crippen LogP contribution in [0, 0.1) is 0 Å². The van der Waals surface area contributed by atoms with Gasteiger partial charge in [0, 0.05) is 0 Å². The van der Waals surface area contributed by atoms with Crippen molar-refractivity contribution in [3.8, 4) is 0 Å². The van der Waals surface area contributed by atoms with Crippen LogP contribution in [0.3, 0.4) is 0 Å². The summed E-state index contributed by atoms with van der Waals surface area (Å²) in [5.74, 6) is 0. The van der Waals surface area contributed by atoms with Gasteiger partial charge in [-0.05, 0) is 25.8 Å². The summed E-state index contributed by atoms with van der Waals surface area (Å²) < 4.78 is 11.2. The number of hydrogen-bond acceptors (Lipinski definition) is 8. The molecule has 8 nitrogen and oxygen atoms in total. The zero-order valence-electron chi connectivity index (χ0n) is 24.2. The predicted octanol–water partition coefficient (Wildman–Crippen LogP) is 3.96. The summed E-state index contributed by atoms with van der Waals surface area (Å²) in [4.78, 5) is 0. The monoisotopic (exact) mass is 545 g/mol. The molecule has 8 heteroatoms. The fourth-order valence-corrected chi connectivity index (χ4v) is 4.82. The molecule has 1 heterocycles. The third-order valence-corrected chi connectivity index (χ3v) is 7.45. The highest BCUT2D eigenvalue weighted by Crippen LogP contribution is 2.22. The molecule has 1 aliphatic rings. The molecule has 0 amide bonds. The van der Waals surface area contributed by atoms with Gasteiger partial charge in [0.25, 0.3) is 0 Å². The lowest BCUT2D eigenvalue weighted by atomic mass is 9.99. The van der Waals surface area contributed by atoms with Gasteiger partial charge in [-0.1, -0.05) is 109 Å². The van der Waals surface area contributed by atoms with Crippen molar-refractivity contribution in [1.82, 2.24) is 5.32 Å². The zero-order valence-corrected chi connectivity index (χ0v) is 24.2. The summed E-state index contributed by atoms with van der Waals surface area (Å²) >= 11 is 0. The quantitative estimate of drug-likeness (QED) is 0.0794. The molecule has 0 aromatic heterocycles. The highest BCUT2D eigenvalue weighted by atomic mass is 16.7. The van der Waals surface area contributed by atoms with Gasteiger partial charge in [-0.3, -0.25) is 0 Å². The highest BCUT2D eigenvalue weighted by molar-refractivity contribution is 4.96. The zero-order chi connectivity index (χ0) is 28.0. The van der Waals surface area contributed by atoms with Gasteiger partial charge in [0.1, 0.15) is 24.4 Å². The molecule has 38 heavy (non-hydrogen) atoms. The van der Waals surface area contributed by atoms with Gasteiger partial charge in [-0.15, -0.1) is 0 Å². The Hall–Kier alpha value is -0.580. The van der Waals surface area contributed by atoms with Gasteiger partial charge in [-0.25, -0.2) is 0 Å². The molecule has 0 radical (unpaired) electrons. The molecule has 0 aliphatic carbocycles. The number of allylic oxidation sites excluding steroid dienone is 1. The van der Waals surface area contributed by atoms with E-state index in [-0.39, 0.29) is 6.61 Å². The Morgan fingerprint density at radius 2 is 1.32 bits per heavy atom. The standard InChI is InChI=1S/C30H59NO7/c1-3-5-7-9-10-11-12-13-14-15-16-17-18-20-25(33)24(31-21-19-8-6-4-2)23-37-30-29(36)28(35)27(34)26(22-32)38-30/h18,20,24-36H,3-17,19,21-23H2,1-2H3/t24?,25?,26-,27-,28+,29-,30?/m1/s1. The van der Waals surface area contributed by atoms with E-state index < -0.39 is 49.5 Å². The van der Waals surface area contributed by atoms with Crippen LogP contribution in [-0.4, -0.2) is 88.1 Å². The third-order valence-electron chi connectivity index (χ3n) is 7.45. The van der Waals surface area contributed by atoms with E-state index >= 15 is 0 Å². The summed E-state index contributed by atoms with van der Waals surface area (Å²) in [6.07, 6.45) is 16.1. The maximum absolute atomic E-state index is 10.8. The van der Waals surface area contributed by atoms with Crippen LogP contribution in [0.5, 0.6) is 0 Å². The Morgan fingerprint density at radius 3 is 1.89 bits per heavy atom. The molecule has 1 fully saturated rings. The van der Waals surface area contributed by atoms with Crippen LogP contribution < -0.4 is 5.32 Å². The molecular formula is C30H59NO7. The number of unbranched alkanes of at least 4 members (excludes halogenated alkanes) is 14. The topological polar surface area (TPSA) is 132 Å². The fraction of sp³-hybridized carbons (Fsp3) is 0.933. The SMILES string of the molecule is CCCCCCCCCCCCCC=CC(O)C(COC1O[C@H](CO)[C@@H](O)[C@H](O)[C@H]1O)NCCCCCC. The van der Waals surface area contributed by atoms with Crippen molar-refractivity contribution in [1.29, 1.82) is 0 Å². The number of aliphatic hydroxyl groups excluding tert-OH is 5. The lowest BCUT2D eigenvalue weighted by molar-refractivity contribution is -0.302. The van der Waals surface area contributed by atoms with Crippen LogP contribution in [0.4, 0.5) is 0 Å². The van der Waals surface area contributed by atoms with E-state index in [9.17, 15) is 25.5 Å². The third kappa shape index (κ3) is 15.3. The van der Waals surface area contributed by atoms with E-state index in [0.717, 1.165) is 45.1 Å². The summed E-state index contributed by atoms with van der Waals surface area (Å²) in [6, 6.07) is -0.419. The molecule has 6 N–H and O–H groups in total. The van der Waals surface area contributed by atoms with Crippen LogP contribution >= 0.6 is 0 Å². The number of ether oxygens (including phenoxy) is 2. The first-order valence-corrected chi connectivity index (χ1v) is 15.5. The molecular weight excluding hydrogens is 486 g/mol. The molecule has 1 rings (SSSR count). The number of hydrogen-bond donors (Lipinski definition) is 6. The van der Waals surface area contributed by atoms with Gasteiger partial charge in [0.15, 0.2) is 6.29 Å². The second-order valence-corrected chi connectivity index (χ2v) is 10.9. The molecule has 3 unspecified atom stereocenters. The van der Waals surface area contributed by atoms with E-state index in [1.807, 2.05) is 6.08 Å². The molecule has 0 aromatic carbocycles. The Labute approximate surface area is 231 Å². The summed E-state index contributed by atoms with van der Waals surface area (Å²) in [5.41, 5.74) is 0. The fourth-order valence-electron chi connectivity index (χ4n) is 4.82. The Kier molecular flexibility index (Phi) is 21.6. The maximum atomic E-state index is 10.8. The molecule has 0 saturated carbocycles. The molecule has 1 saturated heterocycles. The molecule has 0 bridgehead atoms. The first-order chi connectivity index (χ1) is 18.5. The van der Waals surface area contributed by atoms with Gasteiger partial charge in [0.2, 0.25) is 0 Å². The van der Waals surface area contributed by atoms with Gasteiger partial charge in [-0.2, -0.15) is 0 Å². The van der Waals surface area contributed by atoms with Crippen LogP contribution in [0.15, 0.2) is 12.2 Å². The van der Waals surface area contributed by atoms with Crippen molar-refractivity contribution in [3.05, 3.63) is 12.2 Å². The Morgan fingerprint density at radius 1 is 0.763 bits per heavy atom. The first-order valence-electron chi connectivity index (χ1n) is 15.5. The van der Waals surface area contributed by atoms with Gasteiger partial charge in [0.05, 0.1) is 25.4 Å². The number of aliphatic hydroxyl groups is 5. The van der Waals surface area contributed by atoms with E-state index in [1.54, 1.807) is 6.08 Å². The van der Waals surface area contributed by atoms with E-state index in [0.29, 0.717) is 0 Å². The predicted molar refractivity (Wildman–Crippen MR) is 152 cm³/mol. The summed E-state index contributed by atoms with van der Waals surface area (Å²) in [6.45, 7) is 4.68. The molecule has 1 aliphatic heterocycles. The van der Waals surface area contributed by atoms with Crippen molar-refractivity contribution in [3.63, 3.8) is 0 Å². The minimum Gasteiger partial charge on any atom is -0.394 e. The van der Waals surface area contributed by atoms with Gasteiger partial charge >= 0.3 is 0 Å². The van der Waals surface area contributed by atoms with Crippen molar-refractivity contribution in [2.75, 3.05) is 19.8 Å². The lowest BCUT2D eigenvalue weighted by Crippen LogP contribution is -2.59. The average Bonchev–Trinajstić information content (AvgIpc) is 2.92. The smallest absolute Gasteiger partial charge is 0.186 e. The van der Waals surface area contributed by atoms with E-state index in [2.05, 4.69) is 19.2 Å². The first kappa shape index (κ1) is 35.4. The number of rotatable bonds is 24. The molecule has 0 spiro atoms. The lowest BCUT2D eigenvalue weighted by Gasteiger charge is -2.40. The highest BCUT2D eigenvalue weighted by Gasteiger charge is 2.44. The van der Waals surface area contributed by atoms with Crippen molar-refractivity contribution in [2.24, 2.45) is 0 Å². The van der Waals surface area contributed by atoms with Crippen molar-refractivity contribution >= 4 is 0 Å². The largest absolute Gasteiger partial charge is 0.394 e. The maximum Gasteiger partial charge on any atom is 0.186 e. The molecule has 226 valence electrons. The van der Waals surface area contributed by atoms with Crippen molar-refractivity contribution < 1.29 is 35.0 Å². The van der Waals surface area contributed by atoms with Crippen LogP contribution in [0.1, 0.15) is 117 Å². The normalized spacial score (nSPS) is 25.7. The number of nitrogens with one attached hydrogen (secondary N) is 1. The van der Waals surface area contributed by atoms with E-state index in [1.165, 1.54) is 64.2 Å². The van der Waals surface area contributed by atoms with Crippen LogP contribution in [-0.2, 0) is 9.47 Å². The minimum atomic E-state index is -1.48. The Balaban J connectivity index is 2.39. The van der Waals surface area contributed by atoms with Crippen molar-refractivity contribution in [2.45, 2.75) is 159 Å². The summed E-state index contributed by atoms with van der Waals surface area (Å²) in [7, 11) is 0. The average molecular weight is 546 g/mol. The molecule has 7 atom stereocenters. The minimum absolute atomic E-state index is 0.0421. The van der Waals surface area contributed by atoms with Crippen LogP contribution in [0.25, 0.3) is 0 Å². The second-order valence-electron chi connectivity index (χ2n) is 10.9. The Bertz CT molecular complexity index is 563. The van der Waals surface area contributed by atoms with E-state index in [4.69, 9.17) is 9.47 Å². The van der Waals surface area contributed by atoms with Crippen LogP contribution in [0.2, 0.25) is 0 Å².